The predicted octanol–water partition coefficient (Wildman–Crippen LogP) is 3.16. The fourth-order valence-corrected chi connectivity index (χ4v) is 2.71. The predicted molar refractivity (Wildman–Crippen MR) is 68.4 cm³/mol. The third kappa shape index (κ3) is 2.73. The highest BCUT2D eigenvalue weighted by atomic mass is 32.1. The lowest BCUT2D eigenvalue weighted by atomic mass is 10.1. The van der Waals surface area contributed by atoms with Crippen LogP contribution in [-0.4, -0.2) is 23.8 Å². The number of carbonyl (C=O) groups excluding carboxylic acids is 1. The van der Waals surface area contributed by atoms with Gasteiger partial charge in [0.05, 0.1) is 5.70 Å². The zero-order valence-electron chi connectivity index (χ0n) is 9.61. The molecule has 3 heteroatoms. The molecule has 86 valence electrons. The van der Waals surface area contributed by atoms with E-state index in [1.165, 1.54) is 19.3 Å². The standard InChI is InChI=1S/C13H17NOS/c1-11(15)13(10-12-6-5-9-16-12)14-7-3-2-4-8-14/h5-6,9-10H,2-4,7-8H2,1H3/b13-10+. The second-order valence-electron chi connectivity index (χ2n) is 4.15. The number of nitrogens with zero attached hydrogens (tertiary/aromatic N) is 1. The van der Waals surface area contributed by atoms with Gasteiger partial charge in [-0.2, -0.15) is 0 Å². The summed E-state index contributed by atoms with van der Waals surface area (Å²) in [6, 6.07) is 4.07. The molecule has 1 aromatic heterocycles. The maximum absolute atomic E-state index is 11.7. The van der Waals surface area contributed by atoms with Gasteiger partial charge in [-0.25, -0.2) is 0 Å². The van der Waals surface area contributed by atoms with Crippen LogP contribution in [-0.2, 0) is 4.79 Å². The SMILES string of the molecule is CC(=O)/C(=C\c1cccs1)N1CCCCC1. The fraction of sp³-hybridized carbons (Fsp3) is 0.462. The van der Waals surface area contributed by atoms with E-state index in [9.17, 15) is 4.79 Å². The zero-order chi connectivity index (χ0) is 11.4. The molecule has 2 rings (SSSR count). The van der Waals surface area contributed by atoms with Gasteiger partial charge >= 0.3 is 0 Å². The molecule has 0 aliphatic carbocycles. The van der Waals surface area contributed by atoms with E-state index in [-0.39, 0.29) is 5.78 Å². The fourth-order valence-electron chi connectivity index (χ4n) is 2.06. The summed E-state index contributed by atoms with van der Waals surface area (Å²) in [5.74, 6) is 0.176. The lowest BCUT2D eigenvalue weighted by Gasteiger charge is -2.29. The smallest absolute Gasteiger partial charge is 0.175 e. The van der Waals surface area contributed by atoms with E-state index in [4.69, 9.17) is 0 Å². The van der Waals surface area contributed by atoms with Crippen molar-refractivity contribution in [1.82, 2.24) is 4.90 Å². The van der Waals surface area contributed by atoms with Gasteiger partial charge in [-0.3, -0.25) is 4.79 Å². The summed E-state index contributed by atoms with van der Waals surface area (Å²) >= 11 is 1.68. The van der Waals surface area contributed by atoms with Crippen molar-refractivity contribution in [3.63, 3.8) is 0 Å². The van der Waals surface area contributed by atoms with Gasteiger partial charge in [0.2, 0.25) is 0 Å². The van der Waals surface area contributed by atoms with Gasteiger partial charge in [-0.05, 0) is 36.8 Å². The number of ketones is 1. The number of thiophene rings is 1. The first-order chi connectivity index (χ1) is 7.77. The first-order valence-corrected chi connectivity index (χ1v) is 6.66. The average Bonchev–Trinajstić information content (AvgIpc) is 2.79. The number of hydrogen-bond donors (Lipinski definition) is 0. The van der Waals surface area contributed by atoms with E-state index < -0.39 is 0 Å². The Morgan fingerprint density at radius 3 is 2.69 bits per heavy atom. The van der Waals surface area contributed by atoms with Gasteiger partial charge in [-0.15, -0.1) is 11.3 Å². The van der Waals surface area contributed by atoms with Crippen molar-refractivity contribution in [2.24, 2.45) is 0 Å². The Morgan fingerprint density at radius 1 is 1.38 bits per heavy atom. The van der Waals surface area contributed by atoms with Crippen LogP contribution in [0.3, 0.4) is 0 Å². The van der Waals surface area contributed by atoms with Crippen LogP contribution in [0.1, 0.15) is 31.1 Å². The molecule has 0 aromatic carbocycles. The van der Waals surface area contributed by atoms with Crippen molar-refractivity contribution >= 4 is 23.2 Å². The number of likely N-dealkylation sites (tertiary alicyclic amines) is 1. The second kappa shape index (κ2) is 5.30. The minimum absolute atomic E-state index is 0.176. The number of piperidine rings is 1. The molecule has 0 spiro atoms. The molecule has 16 heavy (non-hydrogen) atoms. The molecule has 0 atom stereocenters. The number of hydrogen-bond acceptors (Lipinski definition) is 3. The average molecular weight is 235 g/mol. The normalized spacial score (nSPS) is 17.6. The topological polar surface area (TPSA) is 20.3 Å². The highest BCUT2D eigenvalue weighted by Crippen LogP contribution is 2.20. The van der Waals surface area contributed by atoms with Crippen LogP contribution in [0, 0.1) is 0 Å². The maximum atomic E-state index is 11.7. The highest BCUT2D eigenvalue weighted by molar-refractivity contribution is 7.10. The molecule has 1 fully saturated rings. The second-order valence-corrected chi connectivity index (χ2v) is 5.13. The van der Waals surface area contributed by atoms with E-state index >= 15 is 0 Å². The van der Waals surface area contributed by atoms with Crippen molar-refractivity contribution in [3.8, 4) is 0 Å². The number of carbonyl (C=O) groups is 1. The van der Waals surface area contributed by atoms with E-state index in [1.54, 1.807) is 18.3 Å². The molecule has 0 unspecified atom stereocenters. The van der Waals surface area contributed by atoms with Gasteiger partial charge in [0.15, 0.2) is 5.78 Å². The van der Waals surface area contributed by atoms with Crippen LogP contribution in [0.15, 0.2) is 23.2 Å². The summed E-state index contributed by atoms with van der Waals surface area (Å²) in [6.45, 7) is 3.71. The minimum Gasteiger partial charge on any atom is -0.369 e. The third-order valence-electron chi connectivity index (χ3n) is 2.88. The van der Waals surface area contributed by atoms with E-state index in [2.05, 4.69) is 11.0 Å². The number of rotatable bonds is 3. The lowest BCUT2D eigenvalue weighted by molar-refractivity contribution is -0.115. The van der Waals surface area contributed by atoms with Crippen molar-refractivity contribution < 1.29 is 4.79 Å². The maximum Gasteiger partial charge on any atom is 0.175 e. The van der Waals surface area contributed by atoms with Crippen molar-refractivity contribution in [2.75, 3.05) is 13.1 Å². The van der Waals surface area contributed by atoms with Gasteiger partial charge < -0.3 is 4.90 Å². The van der Waals surface area contributed by atoms with Crippen LogP contribution < -0.4 is 0 Å². The molecule has 2 nitrogen and oxygen atoms in total. The van der Waals surface area contributed by atoms with Gasteiger partial charge in [0.1, 0.15) is 0 Å². The summed E-state index contributed by atoms with van der Waals surface area (Å²) in [6.07, 6.45) is 5.73. The molecule has 0 amide bonds. The largest absolute Gasteiger partial charge is 0.369 e. The number of Topliss-reactive ketones (excluding diaryl/α,β-unsaturated/α-hetero) is 1. The summed E-state index contributed by atoms with van der Waals surface area (Å²) in [4.78, 5) is 15.1. The van der Waals surface area contributed by atoms with Crippen molar-refractivity contribution in [1.29, 1.82) is 0 Å². The first-order valence-electron chi connectivity index (χ1n) is 5.78. The molecule has 0 N–H and O–H groups in total. The third-order valence-corrected chi connectivity index (χ3v) is 3.70. The Labute approximate surface area is 101 Å². The molecule has 1 aliphatic heterocycles. The Morgan fingerprint density at radius 2 is 2.12 bits per heavy atom. The Hall–Kier alpha value is -1.09. The molecule has 1 aliphatic rings. The quantitative estimate of drug-likeness (QED) is 0.750. The zero-order valence-corrected chi connectivity index (χ0v) is 10.4. The van der Waals surface area contributed by atoms with Crippen LogP contribution in [0.4, 0.5) is 0 Å². The minimum atomic E-state index is 0.176. The molecule has 2 heterocycles. The summed E-state index contributed by atoms with van der Waals surface area (Å²) in [5.41, 5.74) is 0.877. The van der Waals surface area contributed by atoms with E-state index in [0.717, 1.165) is 23.7 Å². The van der Waals surface area contributed by atoms with Crippen LogP contribution >= 0.6 is 11.3 Å². The number of allylic oxidation sites excluding steroid dienone is 1. The molecule has 0 radical (unpaired) electrons. The van der Waals surface area contributed by atoms with Gasteiger partial charge in [-0.1, -0.05) is 6.07 Å². The Bertz CT molecular complexity index is 375. The molecular weight excluding hydrogens is 218 g/mol. The molecule has 1 saturated heterocycles. The molecule has 0 bridgehead atoms. The van der Waals surface area contributed by atoms with Gasteiger partial charge in [0.25, 0.3) is 0 Å². The Kier molecular flexibility index (Phi) is 3.78. The summed E-state index contributed by atoms with van der Waals surface area (Å²) in [5, 5.41) is 2.04. The van der Waals surface area contributed by atoms with Crippen molar-refractivity contribution in [3.05, 3.63) is 28.1 Å². The molecule has 0 saturated carbocycles. The van der Waals surface area contributed by atoms with Crippen LogP contribution in [0.25, 0.3) is 6.08 Å². The Balaban J connectivity index is 2.19. The van der Waals surface area contributed by atoms with Gasteiger partial charge in [0, 0.05) is 24.9 Å². The van der Waals surface area contributed by atoms with E-state index in [0.29, 0.717) is 0 Å². The monoisotopic (exact) mass is 235 g/mol. The molecular formula is C13H17NOS. The summed E-state index contributed by atoms with van der Waals surface area (Å²) < 4.78 is 0. The van der Waals surface area contributed by atoms with Crippen LogP contribution in [0.2, 0.25) is 0 Å². The van der Waals surface area contributed by atoms with Crippen LogP contribution in [0.5, 0.6) is 0 Å². The summed E-state index contributed by atoms with van der Waals surface area (Å²) in [7, 11) is 0. The van der Waals surface area contributed by atoms with Crippen molar-refractivity contribution in [2.45, 2.75) is 26.2 Å². The van der Waals surface area contributed by atoms with E-state index in [1.807, 2.05) is 17.5 Å². The highest BCUT2D eigenvalue weighted by Gasteiger charge is 2.16. The lowest BCUT2D eigenvalue weighted by Crippen LogP contribution is -2.31. The molecule has 1 aromatic rings. The first kappa shape index (κ1) is 11.4.